The number of nitrogens with zero attached hydrogens (tertiary/aromatic N) is 4. The average Bonchev–Trinajstić information content (AvgIpc) is 3.37. The molecule has 2 aromatic heterocycles. The predicted molar refractivity (Wildman–Crippen MR) is 157 cm³/mol. The molecule has 2 heterocycles. The highest BCUT2D eigenvalue weighted by molar-refractivity contribution is 6.45. The van der Waals surface area contributed by atoms with Crippen LogP contribution in [-0.4, -0.2) is 44.0 Å². The number of benzene rings is 2. The normalized spacial score (nSPS) is 11.1. The summed E-state index contributed by atoms with van der Waals surface area (Å²) < 4.78 is 7.34. The summed E-state index contributed by atoms with van der Waals surface area (Å²) in [6.07, 6.45) is 1.40. The van der Waals surface area contributed by atoms with E-state index in [0.717, 1.165) is 11.3 Å². The van der Waals surface area contributed by atoms with Crippen molar-refractivity contribution in [1.29, 1.82) is 0 Å². The van der Waals surface area contributed by atoms with Crippen molar-refractivity contribution in [2.45, 2.75) is 32.8 Å². The van der Waals surface area contributed by atoms with Crippen LogP contribution in [0.15, 0.2) is 54.7 Å². The molecular formula is C27H28Cl2N8O4. The average molecular weight is 599 g/mol. The lowest BCUT2D eigenvalue weighted by Crippen LogP contribution is -2.25. The molecule has 0 aliphatic rings. The van der Waals surface area contributed by atoms with Crippen LogP contribution in [0.5, 0.6) is 11.6 Å². The lowest BCUT2D eigenvalue weighted by molar-refractivity contribution is 0.253. The first-order valence-electron chi connectivity index (χ1n) is 12.3. The summed E-state index contributed by atoms with van der Waals surface area (Å²) in [5, 5.41) is 24.5. The monoisotopic (exact) mass is 598 g/mol. The van der Waals surface area contributed by atoms with E-state index in [9.17, 15) is 14.7 Å². The second-order valence-electron chi connectivity index (χ2n) is 9.74. The molecule has 5 N–H and O–H groups in total. The van der Waals surface area contributed by atoms with Gasteiger partial charge in [0, 0.05) is 30.8 Å². The molecule has 0 saturated heterocycles. The van der Waals surface area contributed by atoms with Crippen molar-refractivity contribution in [3.63, 3.8) is 0 Å². The number of aromatic nitrogens is 4. The van der Waals surface area contributed by atoms with Gasteiger partial charge in [0.2, 0.25) is 11.8 Å². The molecule has 4 aromatic rings. The van der Waals surface area contributed by atoms with Crippen molar-refractivity contribution in [2.75, 3.05) is 23.0 Å². The largest absolute Gasteiger partial charge is 0.437 e. The van der Waals surface area contributed by atoms with Crippen molar-refractivity contribution < 1.29 is 19.4 Å². The third-order valence-corrected chi connectivity index (χ3v) is 6.54. The van der Waals surface area contributed by atoms with E-state index in [1.807, 2.05) is 20.8 Å². The third kappa shape index (κ3) is 7.23. The summed E-state index contributed by atoms with van der Waals surface area (Å²) in [7, 11) is 1.46. The van der Waals surface area contributed by atoms with Crippen molar-refractivity contribution in [2.24, 2.45) is 0 Å². The molecule has 2 aromatic carbocycles. The highest BCUT2D eigenvalue weighted by atomic mass is 35.5. The van der Waals surface area contributed by atoms with E-state index >= 15 is 0 Å². The Hall–Kier alpha value is -4.39. The molecule has 4 amide bonds. The lowest BCUT2D eigenvalue weighted by atomic mass is 9.92. The highest BCUT2D eigenvalue weighted by Crippen LogP contribution is 2.39. The summed E-state index contributed by atoms with van der Waals surface area (Å²) in [4.78, 5) is 32.6. The highest BCUT2D eigenvalue weighted by Gasteiger charge is 2.22. The van der Waals surface area contributed by atoms with Crippen molar-refractivity contribution >= 4 is 52.7 Å². The van der Waals surface area contributed by atoms with Crippen molar-refractivity contribution in [3.05, 3.63) is 76.0 Å². The first-order valence-corrected chi connectivity index (χ1v) is 13.1. The Labute approximate surface area is 246 Å². The van der Waals surface area contributed by atoms with Gasteiger partial charge in [-0.3, -0.25) is 10.6 Å². The van der Waals surface area contributed by atoms with Crippen molar-refractivity contribution in [3.8, 4) is 17.3 Å². The molecule has 0 bridgehead atoms. The zero-order chi connectivity index (χ0) is 29.7. The van der Waals surface area contributed by atoms with E-state index in [1.165, 1.54) is 31.4 Å². The Morgan fingerprint density at radius 1 is 0.976 bits per heavy atom. The number of carbonyl (C=O) groups is 2. The first kappa shape index (κ1) is 29.6. The Morgan fingerprint density at radius 3 is 2.37 bits per heavy atom. The number of nitrogens with one attached hydrogen (secondary N) is 4. The number of rotatable bonds is 7. The number of aliphatic hydroxyl groups is 1. The molecule has 41 heavy (non-hydrogen) atoms. The number of hydrogen-bond donors (Lipinski definition) is 5. The van der Waals surface area contributed by atoms with Crippen LogP contribution in [-0.2, 0) is 12.0 Å². The molecule has 0 unspecified atom stereocenters. The minimum absolute atomic E-state index is 0.0252. The van der Waals surface area contributed by atoms with Crippen LogP contribution < -0.4 is 26.0 Å². The van der Waals surface area contributed by atoms with Gasteiger partial charge in [0.05, 0.1) is 28.7 Å². The summed E-state index contributed by atoms with van der Waals surface area (Å²) >= 11 is 12.9. The van der Waals surface area contributed by atoms with E-state index in [1.54, 1.807) is 35.0 Å². The minimum Gasteiger partial charge on any atom is -0.437 e. The summed E-state index contributed by atoms with van der Waals surface area (Å²) in [6.45, 7) is 5.97. The number of carbonyl (C=O) groups excluding carboxylic acids is 2. The smallest absolute Gasteiger partial charge is 0.324 e. The number of ether oxygens (including phenoxy) is 1. The molecular weight excluding hydrogens is 571 g/mol. The fourth-order valence-electron chi connectivity index (χ4n) is 3.49. The molecule has 0 aliphatic carbocycles. The minimum atomic E-state index is -0.578. The van der Waals surface area contributed by atoms with Crippen molar-refractivity contribution in [1.82, 2.24) is 25.1 Å². The van der Waals surface area contributed by atoms with Gasteiger partial charge in [-0.25, -0.2) is 19.3 Å². The Morgan fingerprint density at radius 2 is 1.71 bits per heavy atom. The van der Waals surface area contributed by atoms with E-state index in [0.29, 0.717) is 11.5 Å². The molecule has 214 valence electrons. The van der Waals surface area contributed by atoms with Crippen LogP contribution in [0.2, 0.25) is 10.0 Å². The third-order valence-electron chi connectivity index (χ3n) is 5.67. The summed E-state index contributed by atoms with van der Waals surface area (Å²) in [6, 6.07) is 12.4. The zero-order valence-electron chi connectivity index (χ0n) is 22.6. The van der Waals surface area contributed by atoms with Gasteiger partial charge in [0.1, 0.15) is 16.6 Å². The van der Waals surface area contributed by atoms with E-state index in [2.05, 4.69) is 36.3 Å². The van der Waals surface area contributed by atoms with Gasteiger partial charge < -0.3 is 20.5 Å². The van der Waals surface area contributed by atoms with E-state index < -0.39 is 12.1 Å². The quantitative estimate of drug-likeness (QED) is 0.176. The van der Waals surface area contributed by atoms with Crippen LogP contribution in [0.3, 0.4) is 0 Å². The van der Waals surface area contributed by atoms with Gasteiger partial charge >= 0.3 is 12.1 Å². The Bertz CT molecular complexity index is 1570. The number of anilines is 3. The summed E-state index contributed by atoms with van der Waals surface area (Å²) in [5.74, 6) is 0.734. The van der Waals surface area contributed by atoms with Gasteiger partial charge in [0.15, 0.2) is 0 Å². The Balaban J connectivity index is 1.52. The number of aliphatic hydroxyl groups excluding tert-OH is 1. The van der Waals surface area contributed by atoms with E-state index in [-0.39, 0.29) is 45.3 Å². The number of amides is 4. The molecule has 14 heteroatoms. The maximum atomic E-state index is 13.0. The number of halogens is 2. The Kier molecular flexibility index (Phi) is 8.96. The molecule has 4 rings (SSSR count). The van der Waals surface area contributed by atoms with Gasteiger partial charge in [-0.1, -0.05) is 56.1 Å². The fourth-order valence-corrected chi connectivity index (χ4v) is 3.90. The maximum Gasteiger partial charge on any atom is 0.324 e. The SMILES string of the molecule is CNC(=O)Nc1nccc(Oc2ccc(NC(=O)Nc3cc(C(C)(C)C)nn3-c3ccc(CO)cc3)c(Cl)c2Cl)n1. The number of hydrogen-bond acceptors (Lipinski definition) is 7. The standard InChI is InChI=1S/C27H28Cl2N8O4/c1-27(2,3)19-13-20(37(36-19)16-7-5-15(14-38)6-8-16)33-26(40)32-17-9-10-18(23(29)22(17)28)41-21-11-12-31-24(34-21)35-25(39)30-4/h5-13,38H,14H2,1-4H3,(H2,32,33,40)(H2,30,31,34,35,39). The second kappa shape index (κ2) is 12.4. The predicted octanol–water partition coefficient (Wildman–Crippen LogP) is 5.95. The van der Waals surface area contributed by atoms with Gasteiger partial charge in [-0.15, -0.1) is 0 Å². The molecule has 0 aliphatic heterocycles. The van der Waals surface area contributed by atoms with Crippen LogP contribution in [0.4, 0.5) is 27.0 Å². The van der Waals surface area contributed by atoms with Gasteiger partial charge in [-0.2, -0.15) is 10.1 Å². The second-order valence-corrected chi connectivity index (χ2v) is 10.5. The molecule has 0 radical (unpaired) electrons. The number of urea groups is 2. The molecule has 0 fully saturated rings. The van der Waals surface area contributed by atoms with Crippen LogP contribution >= 0.6 is 23.2 Å². The van der Waals surface area contributed by atoms with E-state index in [4.69, 9.17) is 27.9 Å². The van der Waals surface area contributed by atoms with Crippen LogP contribution in [0.25, 0.3) is 5.69 Å². The maximum absolute atomic E-state index is 13.0. The van der Waals surface area contributed by atoms with Gasteiger partial charge in [-0.05, 0) is 29.8 Å². The molecule has 0 saturated carbocycles. The first-order chi connectivity index (χ1) is 19.5. The molecule has 0 spiro atoms. The lowest BCUT2D eigenvalue weighted by Gasteiger charge is -2.14. The van der Waals surface area contributed by atoms with Crippen LogP contribution in [0.1, 0.15) is 32.0 Å². The van der Waals surface area contributed by atoms with Crippen LogP contribution in [0, 0.1) is 0 Å². The topological polar surface area (TPSA) is 155 Å². The van der Waals surface area contributed by atoms with Gasteiger partial charge in [0.25, 0.3) is 0 Å². The zero-order valence-corrected chi connectivity index (χ0v) is 24.1. The molecule has 12 nitrogen and oxygen atoms in total. The molecule has 0 atom stereocenters. The summed E-state index contributed by atoms with van der Waals surface area (Å²) in [5.41, 5.74) is 2.18. The fraction of sp³-hybridized carbons (Fsp3) is 0.222.